The summed E-state index contributed by atoms with van der Waals surface area (Å²) >= 11 is 0. The van der Waals surface area contributed by atoms with E-state index in [-0.39, 0.29) is 0 Å². The highest BCUT2D eigenvalue weighted by Crippen LogP contribution is 2.40. The van der Waals surface area contributed by atoms with Gasteiger partial charge in [0.2, 0.25) is 5.75 Å². The zero-order valence-corrected chi connectivity index (χ0v) is 18.0. The number of pyridine rings is 2. The van der Waals surface area contributed by atoms with Crippen LogP contribution in [0.15, 0.2) is 79.1 Å². The van der Waals surface area contributed by atoms with E-state index in [9.17, 15) is 0 Å². The molecule has 2 heterocycles. The van der Waals surface area contributed by atoms with Crippen molar-refractivity contribution in [2.75, 3.05) is 26.6 Å². The van der Waals surface area contributed by atoms with Crippen LogP contribution in [-0.4, -0.2) is 31.3 Å². The largest absolute Gasteiger partial charge is 0.493 e. The van der Waals surface area contributed by atoms with Crippen LogP contribution in [0.25, 0.3) is 11.3 Å². The Morgan fingerprint density at radius 3 is 2.12 bits per heavy atom. The lowest BCUT2D eigenvalue weighted by atomic mass is 10.1. The fourth-order valence-corrected chi connectivity index (χ4v) is 3.26. The van der Waals surface area contributed by atoms with Gasteiger partial charge in [0, 0.05) is 41.8 Å². The predicted molar refractivity (Wildman–Crippen MR) is 123 cm³/mol. The number of hydrogen-bond donors (Lipinski definition) is 1. The Morgan fingerprint density at radius 2 is 1.44 bits per heavy atom. The van der Waals surface area contributed by atoms with Crippen molar-refractivity contribution in [1.82, 2.24) is 9.97 Å². The first kappa shape index (κ1) is 21.0. The first-order valence-corrected chi connectivity index (χ1v) is 9.93. The van der Waals surface area contributed by atoms with E-state index in [1.165, 1.54) is 0 Å². The van der Waals surface area contributed by atoms with E-state index in [1.54, 1.807) is 39.8 Å². The normalized spacial score (nSPS) is 10.3. The first-order chi connectivity index (χ1) is 15.7. The number of nitrogens with one attached hydrogen (secondary N) is 1. The monoisotopic (exact) mass is 429 g/mol. The van der Waals surface area contributed by atoms with Crippen molar-refractivity contribution < 1.29 is 18.9 Å². The second kappa shape index (κ2) is 9.70. The summed E-state index contributed by atoms with van der Waals surface area (Å²) in [5, 5.41) is 3.25. The summed E-state index contributed by atoms with van der Waals surface area (Å²) in [6.45, 7) is 0. The summed E-state index contributed by atoms with van der Waals surface area (Å²) < 4.78 is 22.4. The lowest BCUT2D eigenvalue weighted by Gasteiger charge is -2.15. The highest BCUT2D eigenvalue weighted by molar-refractivity contribution is 5.68. The molecule has 0 aliphatic rings. The van der Waals surface area contributed by atoms with E-state index in [4.69, 9.17) is 18.9 Å². The van der Waals surface area contributed by atoms with E-state index in [0.717, 1.165) is 16.9 Å². The first-order valence-electron chi connectivity index (χ1n) is 9.93. The van der Waals surface area contributed by atoms with Crippen LogP contribution in [0.2, 0.25) is 0 Å². The molecule has 0 atom stereocenters. The summed E-state index contributed by atoms with van der Waals surface area (Å²) in [5.74, 6) is 3.50. The number of rotatable bonds is 8. The maximum Gasteiger partial charge on any atom is 0.203 e. The van der Waals surface area contributed by atoms with Crippen LogP contribution in [0.5, 0.6) is 28.7 Å². The van der Waals surface area contributed by atoms with Gasteiger partial charge in [0.05, 0.1) is 21.3 Å². The highest BCUT2D eigenvalue weighted by atomic mass is 16.5. The Labute approximate surface area is 186 Å². The molecule has 0 spiro atoms. The van der Waals surface area contributed by atoms with Gasteiger partial charge in [0.15, 0.2) is 17.2 Å². The summed E-state index contributed by atoms with van der Waals surface area (Å²) in [6, 6.07) is 20.9. The van der Waals surface area contributed by atoms with Gasteiger partial charge in [-0.3, -0.25) is 4.98 Å². The molecule has 0 bridgehead atoms. The van der Waals surface area contributed by atoms with Crippen LogP contribution in [-0.2, 0) is 0 Å². The minimum atomic E-state index is 0.524. The van der Waals surface area contributed by atoms with Crippen LogP contribution >= 0.6 is 0 Å². The molecule has 2 aromatic heterocycles. The molecule has 7 nitrogen and oxygen atoms in total. The van der Waals surface area contributed by atoms with Crippen LogP contribution in [0.3, 0.4) is 0 Å². The predicted octanol–water partition coefficient (Wildman–Crippen LogP) is 5.71. The maximum atomic E-state index is 6.16. The van der Waals surface area contributed by atoms with Crippen LogP contribution in [0, 0.1) is 0 Å². The van der Waals surface area contributed by atoms with Gasteiger partial charge in [-0.1, -0.05) is 30.3 Å². The summed E-state index contributed by atoms with van der Waals surface area (Å²) in [5.41, 5.74) is 2.48. The topological polar surface area (TPSA) is 74.7 Å². The molecule has 162 valence electrons. The number of anilines is 2. The minimum absolute atomic E-state index is 0.524. The van der Waals surface area contributed by atoms with Gasteiger partial charge in [-0.25, -0.2) is 4.98 Å². The number of nitrogens with zero attached hydrogens (tertiary/aromatic N) is 2. The third kappa shape index (κ3) is 4.57. The van der Waals surface area contributed by atoms with Gasteiger partial charge in [-0.2, -0.15) is 0 Å². The average Bonchev–Trinajstić information content (AvgIpc) is 2.84. The number of benzene rings is 2. The van der Waals surface area contributed by atoms with Gasteiger partial charge in [0.1, 0.15) is 17.3 Å². The highest BCUT2D eigenvalue weighted by Gasteiger charge is 2.14. The molecule has 4 rings (SSSR count). The molecule has 0 amide bonds. The molecule has 4 aromatic rings. The molecule has 0 saturated heterocycles. The van der Waals surface area contributed by atoms with Gasteiger partial charge >= 0.3 is 0 Å². The Balaban J connectivity index is 1.60. The number of hydrogen-bond acceptors (Lipinski definition) is 7. The third-order valence-corrected chi connectivity index (χ3v) is 4.71. The Hall–Kier alpha value is -4.26. The molecular formula is C25H23N3O4. The molecule has 2 aromatic carbocycles. The number of methoxy groups -OCH3 is 3. The van der Waals surface area contributed by atoms with Crippen molar-refractivity contribution >= 4 is 11.5 Å². The van der Waals surface area contributed by atoms with Crippen molar-refractivity contribution in [1.29, 1.82) is 0 Å². The molecular weight excluding hydrogens is 406 g/mol. The summed E-state index contributed by atoms with van der Waals surface area (Å²) in [7, 11) is 4.72. The van der Waals surface area contributed by atoms with Crippen molar-refractivity contribution in [3.05, 3.63) is 79.1 Å². The molecule has 32 heavy (non-hydrogen) atoms. The third-order valence-electron chi connectivity index (χ3n) is 4.71. The summed E-state index contributed by atoms with van der Waals surface area (Å²) in [6.07, 6.45) is 3.42. The van der Waals surface area contributed by atoms with Crippen molar-refractivity contribution in [2.24, 2.45) is 0 Å². The smallest absolute Gasteiger partial charge is 0.203 e. The molecule has 0 aliphatic carbocycles. The molecule has 0 unspecified atom stereocenters. The second-order valence-electron chi connectivity index (χ2n) is 6.73. The van der Waals surface area contributed by atoms with Gasteiger partial charge in [-0.15, -0.1) is 0 Å². The number of aromatic nitrogens is 2. The van der Waals surface area contributed by atoms with Gasteiger partial charge in [0.25, 0.3) is 0 Å². The van der Waals surface area contributed by atoms with Crippen molar-refractivity contribution in [3.63, 3.8) is 0 Å². The summed E-state index contributed by atoms with van der Waals surface area (Å²) in [4.78, 5) is 8.88. The van der Waals surface area contributed by atoms with Crippen LogP contribution in [0.4, 0.5) is 11.5 Å². The van der Waals surface area contributed by atoms with Crippen LogP contribution < -0.4 is 24.3 Å². The lowest BCUT2D eigenvalue weighted by Crippen LogP contribution is -1.99. The lowest BCUT2D eigenvalue weighted by molar-refractivity contribution is 0.324. The van der Waals surface area contributed by atoms with Crippen molar-refractivity contribution in [3.8, 4) is 40.0 Å². The SMILES string of the molecule is COc1cc(Nc2cc(Oc3cccnc3-c3ccccc3)ccn2)cc(OC)c1OC. The quantitative estimate of drug-likeness (QED) is 0.385. The standard InChI is InChI=1S/C25H23N3O4/c1-29-21-14-18(15-22(30-2)25(21)31-3)28-23-16-19(11-13-26-23)32-20-10-7-12-27-24(20)17-8-5-4-6-9-17/h4-16H,1-3H3,(H,26,28). The fraction of sp³-hybridized carbons (Fsp3) is 0.120. The molecule has 1 N–H and O–H groups in total. The van der Waals surface area contributed by atoms with E-state index in [2.05, 4.69) is 15.3 Å². The van der Waals surface area contributed by atoms with Gasteiger partial charge in [-0.05, 0) is 18.2 Å². The van der Waals surface area contributed by atoms with E-state index < -0.39 is 0 Å². The zero-order valence-electron chi connectivity index (χ0n) is 18.0. The average molecular weight is 429 g/mol. The fourth-order valence-electron chi connectivity index (χ4n) is 3.26. The van der Waals surface area contributed by atoms with E-state index >= 15 is 0 Å². The minimum Gasteiger partial charge on any atom is -0.493 e. The van der Waals surface area contributed by atoms with E-state index in [1.807, 2.05) is 60.7 Å². The molecule has 0 aliphatic heterocycles. The van der Waals surface area contributed by atoms with Gasteiger partial charge < -0.3 is 24.3 Å². The molecule has 0 fully saturated rings. The van der Waals surface area contributed by atoms with E-state index in [0.29, 0.717) is 34.6 Å². The Bertz CT molecular complexity index is 1170. The number of ether oxygens (including phenoxy) is 4. The molecule has 0 radical (unpaired) electrons. The second-order valence-corrected chi connectivity index (χ2v) is 6.73. The molecule has 7 heteroatoms. The molecule has 0 saturated carbocycles. The van der Waals surface area contributed by atoms with Crippen LogP contribution in [0.1, 0.15) is 0 Å². The zero-order chi connectivity index (χ0) is 22.3. The Kier molecular flexibility index (Phi) is 6.36. The maximum absolute atomic E-state index is 6.16. The Morgan fingerprint density at radius 1 is 0.688 bits per heavy atom. The van der Waals surface area contributed by atoms with Crippen molar-refractivity contribution in [2.45, 2.75) is 0 Å².